The van der Waals surface area contributed by atoms with Crippen molar-refractivity contribution in [3.8, 4) is 16.9 Å². The molecule has 2 aromatic rings. The summed E-state index contributed by atoms with van der Waals surface area (Å²) in [6, 6.07) is 10.3. The van der Waals surface area contributed by atoms with Crippen molar-refractivity contribution in [2.45, 2.75) is 6.92 Å². The zero-order valence-electron chi connectivity index (χ0n) is 10.6. The lowest BCUT2D eigenvalue weighted by Gasteiger charge is -2.11. The molecule has 0 amide bonds. The Morgan fingerprint density at radius 3 is 2.47 bits per heavy atom. The van der Waals surface area contributed by atoms with Crippen molar-refractivity contribution in [3.05, 3.63) is 52.5 Å². The third kappa shape index (κ3) is 2.71. The van der Waals surface area contributed by atoms with Gasteiger partial charge in [0, 0.05) is 10.6 Å². The highest BCUT2D eigenvalue weighted by molar-refractivity contribution is 6.30. The highest BCUT2D eigenvalue weighted by Gasteiger charge is 2.14. The van der Waals surface area contributed by atoms with E-state index in [0.29, 0.717) is 16.3 Å². The van der Waals surface area contributed by atoms with Gasteiger partial charge >= 0.3 is 5.97 Å². The predicted molar refractivity (Wildman–Crippen MR) is 75.1 cm³/mol. The maximum atomic E-state index is 11.3. The number of carbonyl (C=O) groups is 1. The van der Waals surface area contributed by atoms with Crippen LogP contribution in [0, 0.1) is 6.92 Å². The number of aryl methyl sites for hydroxylation is 1. The van der Waals surface area contributed by atoms with Crippen molar-refractivity contribution in [3.63, 3.8) is 0 Å². The summed E-state index contributed by atoms with van der Waals surface area (Å²) in [6.45, 7) is 1.90. The van der Waals surface area contributed by atoms with Gasteiger partial charge in [0.25, 0.3) is 0 Å². The molecule has 0 aromatic heterocycles. The minimum Gasteiger partial charge on any atom is -0.497 e. The van der Waals surface area contributed by atoms with Crippen molar-refractivity contribution >= 4 is 17.6 Å². The van der Waals surface area contributed by atoms with Crippen LogP contribution in [0.15, 0.2) is 36.4 Å². The van der Waals surface area contributed by atoms with E-state index in [9.17, 15) is 9.90 Å². The fourth-order valence-corrected chi connectivity index (χ4v) is 2.22. The zero-order chi connectivity index (χ0) is 14.0. The smallest absolute Gasteiger partial charge is 0.336 e. The summed E-state index contributed by atoms with van der Waals surface area (Å²) >= 11 is 5.92. The van der Waals surface area contributed by atoms with Crippen LogP contribution in [-0.2, 0) is 0 Å². The number of rotatable bonds is 3. The first kappa shape index (κ1) is 13.4. The number of carboxylic acid groups (broad SMARTS) is 1. The Kier molecular flexibility index (Phi) is 3.76. The topological polar surface area (TPSA) is 46.5 Å². The Labute approximate surface area is 116 Å². The molecule has 0 atom stereocenters. The average Bonchev–Trinajstić information content (AvgIpc) is 2.38. The van der Waals surface area contributed by atoms with Crippen LogP contribution in [0.5, 0.6) is 5.75 Å². The lowest BCUT2D eigenvalue weighted by atomic mass is 9.96. The van der Waals surface area contributed by atoms with Crippen molar-refractivity contribution in [2.75, 3.05) is 7.11 Å². The SMILES string of the molecule is COc1ccc(C(=O)O)c(-c2ccc(Cl)cc2C)c1. The molecule has 0 aliphatic carbocycles. The van der Waals surface area contributed by atoms with Gasteiger partial charge in [0.1, 0.15) is 5.75 Å². The van der Waals surface area contributed by atoms with Gasteiger partial charge in [0.15, 0.2) is 0 Å². The Balaban J connectivity index is 2.68. The maximum absolute atomic E-state index is 11.3. The summed E-state index contributed by atoms with van der Waals surface area (Å²) in [5.74, 6) is -0.346. The van der Waals surface area contributed by atoms with Crippen LogP contribution >= 0.6 is 11.6 Å². The number of methoxy groups -OCH3 is 1. The number of halogens is 1. The van der Waals surface area contributed by atoms with Crippen molar-refractivity contribution < 1.29 is 14.6 Å². The van der Waals surface area contributed by atoms with Gasteiger partial charge in [-0.25, -0.2) is 4.79 Å². The molecule has 0 unspecified atom stereocenters. The molecule has 2 aromatic carbocycles. The lowest BCUT2D eigenvalue weighted by Crippen LogP contribution is -2.01. The minimum atomic E-state index is -0.966. The molecule has 4 heteroatoms. The van der Waals surface area contributed by atoms with E-state index in [2.05, 4.69) is 0 Å². The van der Waals surface area contributed by atoms with Gasteiger partial charge < -0.3 is 9.84 Å². The summed E-state index contributed by atoms with van der Waals surface area (Å²) in [4.78, 5) is 11.3. The molecule has 0 aliphatic rings. The van der Waals surface area contributed by atoms with Crippen LogP contribution in [0.4, 0.5) is 0 Å². The first-order chi connectivity index (χ1) is 9.02. The second-order valence-electron chi connectivity index (χ2n) is 4.18. The second-order valence-corrected chi connectivity index (χ2v) is 4.61. The van der Waals surface area contributed by atoms with E-state index >= 15 is 0 Å². The first-order valence-corrected chi connectivity index (χ1v) is 6.08. The number of hydrogen-bond acceptors (Lipinski definition) is 2. The van der Waals surface area contributed by atoms with E-state index in [-0.39, 0.29) is 5.56 Å². The van der Waals surface area contributed by atoms with Gasteiger partial charge in [0.2, 0.25) is 0 Å². The third-order valence-electron chi connectivity index (χ3n) is 2.94. The largest absolute Gasteiger partial charge is 0.497 e. The van der Waals surface area contributed by atoms with Gasteiger partial charge in [0.05, 0.1) is 12.7 Å². The van der Waals surface area contributed by atoms with E-state index in [1.165, 1.54) is 0 Å². The Hall–Kier alpha value is -2.00. The van der Waals surface area contributed by atoms with E-state index < -0.39 is 5.97 Å². The number of ether oxygens (including phenoxy) is 1. The molecule has 0 aliphatic heterocycles. The van der Waals surface area contributed by atoms with E-state index in [1.807, 2.05) is 19.1 Å². The van der Waals surface area contributed by atoms with Gasteiger partial charge in [-0.2, -0.15) is 0 Å². The molecule has 0 fully saturated rings. The third-order valence-corrected chi connectivity index (χ3v) is 3.17. The van der Waals surface area contributed by atoms with E-state index in [4.69, 9.17) is 16.3 Å². The molecule has 98 valence electrons. The first-order valence-electron chi connectivity index (χ1n) is 5.71. The molecule has 0 saturated heterocycles. The molecular weight excluding hydrogens is 264 g/mol. The molecular formula is C15H13ClO3. The van der Waals surface area contributed by atoms with Crippen LogP contribution in [-0.4, -0.2) is 18.2 Å². The standard InChI is InChI=1S/C15H13ClO3/c1-9-7-10(16)3-5-12(9)14-8-11(19-2)4-6-13(14)15(17)18/h3-8H,1-2H3,(H,17,18). The molecule has 2 rings (SSSR count). The molecule has 0 spiro atoms. The van der Waals surface area contributed by atoms with Crippen LogP contribution in [0.25, 0.3) is 11.1 Å². The Morgan fingerprint density at radius 2 is 1.89 bits per heavy atom. The maximum Gasteiger partial charge on any atom is 0.336 e. The average molecular weight is 277 g/mol. The van der Waals surface area contributed by atoms with Gasteiger partial charge in [-0.1, -0.05) is 17.7 Å². The summed E-state index contributed by atoms with van der Waals surface area (Å²) in [7, 11) is 1.55. The van der Waals surface area contributed by atoms with Crippen LogP contribution in [0.3, 0.4) is 0 Å². The van der Waals surface area contributed by atoms with Gasteiger partial charge in [-0.3, -0.25) is 0 Å². The van der Waals surface area contributed by atoms with Crippen LogP contribution in [0.2, 0.25) is 5.02 Å². The number of benzene rings is 2. The van der Waals surface area contributed by atoms with Crippen molar-refractivity contribution in [1.29, 1.82) is 0 Å². The molecule has 0 saturated carbocycles. The molecule has 19 heavy (non-hydrogen) atoms. The van der Waals surface area contributed by atoms with Gasteiger partial charge in [-0.15, -0.1) is 0 Å². The quantitative estimate of drug-likeness (QED) is 0.921. The summed E-state index contributed by atoms with van der Waals surface area (Å²) in [5, 5.41) is 9.90. The molecule has 1 N–H and O–H groups in total. The van der Waals surface area contributed by atoms with Crippen LogP contribution in [0.1, 0.15) is 15.9 Å². The fraction of sp³-hybridized carbons (Fsp3) is 0.133. The van der Waals surface area contributed by atoms with Crippen LogP contribution < -0.4 is 4.74 Å². The molecule has 0 heterocycles. The number of hydrogen-bond donors (Lipinski definition) is 1. The zero-order valence-corrected chi connectivity index (χ0v) is 11.4. The lowest BCUT2D eigenvalue weighted by molar-refractivity contribution is 0.0697. The van der Waals surface area contributed by atoms with Gasteiger partial charge in [-0.05, 0) is 48.4 Å². The monoisotopic (exact) mass is 276 g/mol. The van der Waals surface area contributed by atoms with E-state index in [1.54, 1.807) is 31.4 Å². The van der Waals surface area contributed by atoms with E-state index in [0.717, 1.165) is 11.1 Å². The minimum absolute atomic E-state index is 0.242. The highest BCUT2D eigenvalue weighted by atomic mass is 35.5. The van der Waals surface area contributed by atoms with Crippen molar-refractivity contribution in [2.24, 2.45) is 0 Å². The normalized spacial score (nSPS) is 10.3. The summed E-state index contributed by atoms with van der Waals surface area (Å²) in [5.41, 5.74) is 2.62. The highest BCUT2D eigenvalue weighted by Crippen LogP contribution is 2.31. The fourth-order valence-electron chi connectivity index (χ4n) is 1.99. The molecule has 3 nitrogen and oxygen atoms in total. The molecule has 0 bridgehead atoms. The summed E-state index contributed by atoms with van der Waals surface area (Å²) in [6.07, 6.45) is 0. The Bertz CT molecular complexity index is 635. The predicted octanol–water partition coefficient (Wildman–Crippen LogP) is 4.02. The molecule has 0 radical (unpaired) electrons. The summed E-state index contributed by atoms with van der Waals surface area (Å²) < 4.78 is 5.16. The Morgan fingerprint density at radius 1 is 1.16 bits per heavy atom. The number of aromatic carboxylic acids is 1. The van der Waals surface area contributed by atoms with Crippen molar-refractivity contribution in [1.82, 2.24) is 0 Å². The second kappa shape index (κ2) is 5.33. The number of carboxylic acids is 1.